The van der Waals surface area contributed by atoms with E-state index >= 15 is 0 Å². The number of thioether (sulfide) groups is 1. The van der Waals surface area contributed by atoms with Crippen molar-refractivity contribution >= 4 is 28.4 Å². The Hall–Kier alpha value is -3.38. The summed E-state index contributed by atoms with van der Waals surface area (Å²) in [7, 11) is 0. The van der Waals surface area contributed by atoms with Crippen molar-refractivity contribution < 1.29 is 0 Å². The molecule has 0 aliphatic carbocycles. The summed E-state index contributed by atoms with van der Waals surface area (Å²) in [5.74, 6) is 1.35. The Balaban J connectivity index is 1.58. The van der Waals surface area contributed by atoms with Gasteiger partial charge < -0.3 is 0 Å². The molecule has 0 fully saturated rings. The normalized spacial score (nSPS) is 12.1. The van der Waals surface area contributed by atoms with Crippen molar-refractivity contribution in [1.29, 1.82) is 0 Å². The molecule has 184 valence electrons. The van der Waals surface area contributed by atoms with Gasteiger partial charge in [-0.05, 0) is 66.1 Å². The van der Waals surface area contributed by atoms with Crippen molar-refractivity contribution in [1.82, 2.24) is 19.2 Å². The molecule has 6 heteroatoms. The average Bonchev–Trinajstić information content (AvgIpc) is 3.26. The number of hydrogen-bond acceptors (Lipinski definition) is 4. The zero-order valence-corrected chi connectivity index (χ0v) is 22.6. The molecule has 0 spiro atoms. The van der Waals surface area contributed by atoms with Crippen LogP contribution in [0.2, 0.25) is 0 Å². The lowest BCUT2D eigenvalue weighted by atomic mass is 9.84. The molecule has 0 atom stereocenters. The van der Waals surface area contributed by atoms with Gasteiger partial charge >= 0.3 is 0 Å². The fraction of sp³-hybridized carbons (Fsp3) is 0.300. The van der Waals surface area contributed by atoms with Gasteiger partial charge in [0, 0.05) is 5.75 Å². The maximum Gasteiger partial charge on any atom is 0.263 e. The van der Waals surface area contributed by atoms with Crippen molar-refractivity contribution in [2.24, 2.45) is 0 Å². The van der Waals surface area contributed by atoms with E-state index < -0.39 is 0 Å². The van der Waals surface area contributed by atoms with Crippen LogP contribution in [0.5, 0.6) is 0 Å². The third-order valence-corrected chi connectivity index (χ3v) is 7.80. The van der Waals surface area contributed by atoms with Gasteiger partial charge in [0.15, 0.2) is 5.16 Å². The Bertz CT molecular complexity index is 1620. The largest absolute Gasteiger partial charge is 0.272 e. The van der Waals surface area contributed by atoms with E-state index in [9.17, 15) is 4.79 Å². The molecule has 0 saturated carbocycles. The van der Waals surface area contributed by atoms with Crippen LogP contribution in [0.1, 0.15) is 54.2 Å². The first kappa shape index (κ1) is 24.3. The van der Waals surface area contributed by atoms with Gasteiger partial charge in [-0.2, -0.15) is 0 Å². The molecule has 0 aliphatic rings. The van der Waals surface area contributed by atoms with Gasteiger partial charge in [0.1, 0.15) is 0 Å². The second-order valence-electron chi connectivity index (χ2n) is 10.6. The molecule has 36 heavy (non-hydrogen) atoms. The number of hydrogen-bond donors (Lipinski definition) is 0. The second kappa shape index (κ2) is 9.25. The van der Waals surface area contributed by atoms with E-state index in [4.69, 9.17) is 0 Å². The summed E-state index contributed by atoms with van der Waals surface area (Å²) in [4.78, 5) is 13.5. The summed E-state index contributed by atoms with van der Waals surface area (Å²) in [6, 6.07) is 20.6. The van der Waals surface area contributed by atoms with Gasteiger partial charge in [-0.1, -0.05) is 86.6 Å². The highest BCUT2D eigenvalue weighted by Gasteiger charge is 2.19. The predicted octanol–water partition coefficient (Wildman–Crippen LogP) is 6.61. The minimum atomic E-state index is -0.0490. The Morgan fingerprint density at radius 2 is 1.56 bits per heavy atom. The van der Waals surface area contributed by atoms with E-state index in [-0.39, 0.29) is 11.0 Å². The molecule has 0 unspecified atom stereocenters. The van der Waals surface area contributed by atoms with E-state index in [1.54, 1.807) is 16.3 Å². The lowest BCUT2D eigenvalue weighted by molar-refractivity contribution is 0.589. The number of aryl methyl sites for hydroxylation is 3. The molecular formula is C30H32N4OS. The Kier molecular flexibility index (Phi) is 6.25. The molecule has 5 rings (SSSR count). The highest BCUT2D eigenvalue weighted by Crippen LogP contribution is 2.31. The van der Waals surface area contributed by atoms with Gasteiger partial charge in [-0.3, -0.25) is 13.8 Å². The molecule has 3 aromatic carbocycles. The van der Waals surface area contributed by atoms with Gasteiger partial charge in [-0.15, -0.1) is 10.2 Å². The zero-order valence-electron chi connectivity index (χ0n) is 21.8. The van der Waals surface area contributed by atoms with Crippen LogP contribution in [0.4, 0.5) is 0 Å². The summed E-state index contributed by atoms with van der Waals surface area (Å²) in [5, 5.41) is 10.5. The molecular weight excluding hydrogens is 464 g/mol. The summed E-state index contributed by atoms with van der Waals surface area (Å²) in [6.45, 7) is 13.6. The quantitative estimate of drug-likeness (QED) is 0.257. The molecule has 0 aliphatic heterocycles. The maximum absolute atomic E-state index is 13.5. The van der Waals surface area contributed by atoms with Crippen LogP contribution in [-0.4, -0.2) is 19.2 Å². The first-order chi connectivity index (χ1) is 17.1. The van der Waals surface area contributed by atoms with Gasteiger partial charge in [0.25, 0.3) is 5.56 Å². The minimum Gasteiger partial charge on any atom is -0.272 e. The fourth-order valence-electron chi connectivity index (χ4n) is 4.64. The summed E-state index contributed by atoms with van der Waals surface area (Å²) in [6.07, 6.45) is 0. The van der Waals surface area contributed by atoms with Crippen LogP contribution in [-0.2, 0) is 17.7 Å². The molecule has 2 aromatic heterocycles. The summed E-state index contributed by atoms with van der Waals surface area (Å²) < 4.78 is 3.77. The van der Waals surface area contributed by atoms with E-state index in [1.807, 2.05) is 28.7 Å². The van der Waals surface area contributed by atoms with Gasteiger partial charge in [0.05, 0.1) is 17.4 Å². The Morgan fingerprint density at radius 3 is 2.22 bits per heavy atom. The molecule has 0 N–H and O–H groups in total. The van der Waals surface area contributed by atoms with Crippen LogP contribution in [0.15, 0.2) is 70.6 Å². The Labute approximate surface area is 216 Å². The number of aromatic nitrogens is 4. The van der Waals surface area contributed by atoms with E-state index in [0.717, 1.165) is 22.0 Å². The van der Waals surface area contributed by atoms with Crippen molar-refractivity contribution in [2.75, 3.05) is 0 Å². The average molecular weight is 497 g/mol. The van der Waals surface area contributed by atoms with Crippen molar-refractivity contribution in [3.8, 4) is 0 Å². The molecule has 5 aromatic rings. The van der Waals surface area contributed by atoms with E-state index in [1.165, 1.54) is 27.8 Å². The SMILES string of the molecule is Cc1ccc(Cn2c(=O)c3ccccc3n3c(SCc4c(C)cc(C(C)(C)C)cc4C)nnc23)cc1. The number of fused-ring (bicyclic) bond motifs is 3. The highest BCUT2D eigenvalue weighted by atomic mass is 32.2. The van der Waals surface area contributed by atoms with Gasteiger partial charge in [0.2, 0.25) is 5.78 Å². The predicted molar refractivity (Wildman–Crippen MR) is 149 cm³/mol. The topological polar surface area (TPSA) is 52.2 Å². The molecule has 0 bridgehead atoms. The second-order valence-corrected chi connectivity index (χ2v) is 11.6. The molecule has 0 amide bonds. The molecule has 0 radical (unpaired) electrons. The van der Waals surface area contributed by atoms with Gasteiger partial charge in [-0.25, -0.2) is 0 Å². The number of para-hydroxylation sites is 1. The third kappa shape index (κ3) is 4.46. The first-order valence-corrected chi connectivity index (χ1v) is 13.3. The van der Waals surface area contributed by atoms with Crippen LogP contribution in [0.3, 0.4) is 0 Å². The smallest absolute Gasteiger partial charge is 0.263 e. The van der Waals surface area contributed by atoms with Crippen molar-refractivity contribution in [3.05, 3.63) is 104 Å². The van der Waals surface area contributed by atoms with E-state index in [0.29, 0.717) is 17.7 Å². The number of rotatable bonds is 5. The molecule has 5 nitrogen and oxygen atoms in total. The lowest BCUT2D eigenvalue weighted by Crippen LogP contribution is -2.24. The standard InChI is InChI=1S/C30H32N4OS/c1-19-11-13-22(14-12-19)17-33-27(35)24-9-7-8-10-26(24)34-28(33)31-32-29(34)36-18-25-20(2)15-23(16-21(25)3)30(4,5)6/h7-16H,17-18H2,1-6H3. The fourth-order valence-corrected chi connectivity index (χ4v) is 5.77. The number of benzene rings is 3. The van der Waals surface area contributed by atoms with Crippen LogP contribution >= 0.6 is 11.8 Å². The first-order valence-electron chi connectivity index (χ1n) is 12.3. The molecule has 0 saturated heterocycles. The highest BCUT2D eigenvalue weighted by molar-refractivity contribution is 7.98. The maximum atomic E-state index is 13.5. The number of nitrogens with zero attached hydrogens (tertiary/aromatic N) is 4. The Morgan fingerprint density at radius 1 is 0.889 bits per heavy atom. The van der Waals surface area contributed by atoms with E-state index in [2.05, 4.69) is 88.1 Å². The van der Waals surface area contributed by atoms with Crippen molar-refractivity contribution in [2.45, 2.75) is 64.4 Å². The third-order valence-electron chi connectivity index (χ3n) is 6.85. The zero-order chi connectivity index (χ0) is 25.6. The summed E-state index contributed by atoms with van der Waals surface area (Å²) >= 11 is 1.66. The lowest BCUT2D eigenvalue weighted by Gasteiger charge is -2.22. The van der Waals surface area contributed by atoms with Crippen LogP contribution < -0.4 is 5.56 Å². The van der Waals surface area contributed by atoms with Crippen LogP contribution in [0.25, 0.3) is 16.7 Å². The van der Waals surface area contributed by atoms with Crippen LogP contribution in [0, 0.1) is 20.8 Å². The van der Waals surface area contributed by atoms with Crippen molar-refractivity contribution in [3.63, 3.8) is 0 Å². The summed E-state index contributed by atoms with van der Waals surface area (Å²) in [5.41, 5.74) is 8.41. The molecule has 2 heterocycles. The minimum absolute atomic E-state index is 0.0490. The monoisotopic (exact) mass is 496 g/mol.